The number of rotatable bonds is 5. The van der Waals surface area contributed by atoms with Gasteiger partial charge in [0.2, 0.25) is 5.91 Å². The highest BCUT2D eigenvalue weighted by molar-refractivity contribution is 9.10. The van der Waals surface area contributed by atoms with Gasteiger partial charge in [-0.15, -0.1) is 0 Å². The van der Waals surface area contributed by atoms with E-state index in [1.807, 2.05) is 83.8 Å². The van der Waals surface area contributed by atoms with E-state index in [0.717, 1.165) is 4.47 Å². The zero-order valence-corrected chi connectivity index (χ0v) is 18.5. The molecule has 0 saturated carbocycles. The van der Waals surface area contributed by atoms with Gasteiger partial charge in [-0.05, 0) is 61.4 Å². The zero-order valence-electron chi connectivity index (χ0n) is 17.0. The van der Waals surface area contributed by atoms with E-state index in [0.29, 0.717) is 48.7 Å². The topological polar surface area (TPSA) is 58.6 Å². The summed E-state index contributed by atoms with van der Waals surface area (Å²) in [4.78, 5) is 27.4. The molecule has 1 fully saturated rings. The first-order valence-corrected chi connectivity index (χ1v) is 11.1. The second-order valence-electron chi connectivity index (χ2n) is 7.47. The lowest BCUT2D eigenvalue weighted by atomic mass is 9.95. The van der Waals surface area contributed by atoms with Gasteiger partial charge in [0.1, 0.15) is 5.75 Å². The summed E-state index contributed by atoms with van der Waals surface area (Å²) in [6.07, 6.45) is 1.27. The van der Waals surface area contributed by atoms with Crippen molar-refractivity contribution < 1.29 is 14.3 Å². The maximum Gasteiger partial charge on any atom is 0.253 e. The Labute approximate surface area is 190 Å². The fourth-order valence-electron chi connectivity index (χ4n) is 3.63. The van der Waals surface area contributed by atoms with Gasteiger partial charge in [0.15, 0.2) is 5.75 Å². The molecule has 6 heteroatoms. The van der Waals surface area contributed by atoms with Crippen LogP contribution in [-0.2, 0) is 4.79 Å². The molecule has 1 aliphatic heterocycles. The summed E-state index contributed by atoms with van der Waals surface area (Å²) in [5.41, 5.74) is 1.31. The van der Waals surface area contributed by atoms with Gasteiger partial charge in [-0.1, -0.05) is 46.3 Å². The van der Waals surface area contributed by atoms with Gasteiger partial charge in [0.25, 0.3) is 5.91 Å². The van der Waals surface area contributed by atoms with E-state index in [1.165, 1.54) is 0 Å². The third kappa shape index (κ3) is 5.33. The molecular formula is C25H23BrN2O3. The van der Waals surface area contributed by atoms with E-state index in [1.54, 1.807) is 0 Å². The molecule has 0 aliphatic carbocycles. The van der Waals surface area contributed by atoms with Crippen molar-refractivity contribution >= 4 is 33.4 Å². The van der Waals surface area contributed by atoms with Gasteiger partial charge >= 0.3 is 0 Å². The van der Waals surface area contributed by atoms with Crippen LogP contribution >= 0.6 is 15.9 Å². The molecule has 0 unspecified atom stereocenters. The monoisotopic (exact) mass is 478 g/mol. The number of piperidine rings is 1. The van der Waals surface area contributed by atoms with Crippen molar-refractivity contribution in [2.75, 3.05) is 18.4 Å². The van der Waals surface area contributed by atoms with Gasteiger partial charge in [-0.25, -0.2) is 0 Å². The maximum atomic E-state index is 12.9. The number of halogens is 1. The average molecular weight is 479 g/mol. The lowest BCUT2D eigenvalue weighted by Crippen LogP contribution is -2.41. The predicted molar refractivity (Wildman–Crippen MR) is 124 cm³/mol. The SMILES string of the molecule is O=C(Nc1ccccc1Oc1ccccc1)C1CCN(C(=O)c2ccc(Br)cc2)CC1. The summed E-state index contributed by atoms with van der Waals surface area (Å²) in [7, 11) is 0. The van der Waals surface area contributed by atoms with Gasteiger partial charge in [0.05, 0.1) is 5.69 Å². The first-order valence-electron chi connectivity index (χ1n) is 10.3. The predicted octanol–water partition coefficient (Wildman–Crippen LogP) is 5.73. The van der Waals surface area contributed by atoms with E-state index in [2.05, 4.69) is 21.2 Å². The quantitative estimate of drug-likeness (QED) is 0.509. The second-order valence-corrected chi connectivity index (χ2v) is 8.39. The van der Waals surface area contributed by atoms with E-state index in [-0.39, 0.29) is 17.7 Å². The number of amides is 2. The summed E-state index contributed by atoms with van der Waals surface area (Å²) in [5, 5.41) is 3.01. The molecule has 1 heterocycles. The molecule has 158 valence electrons. The molecule has 3 aromatic rings. The first kappa shape index (κ1) is 21.1. The van der Waals surface area contributed by atoms with Gasteiger partial charge in [0, 0.05) is 29.0 Å². The Bertz CT molecular complexity index is 1050. The number of hydrogen-bond donors (Lipinski definition) is 1. The zero-order chi connectivity index (χ0) is 21.6. The van der Waals surface area contributed by atoms with Crippen LogP contribution in [0.15, 0.2) is 83.3 Å². The third-order valence-corrected chi connectivity index (χ3v) is 5.89. The van der Waals surface area contributed by atoms with Crippen molar-refractivity contribution in [2.45, 2.75) is 12.8 Å². The van der Waals surface area contributed by atoms with Gasteiger partial charge in [-0.3, -0.25) is 9.59 Å². The number of likely N-dealkylation sites (tertiary alicyclic amines) is 1. The Morgan fingerprint density at radius 2 is 1.52 bits per heavy atom. The summed E-state index contributed by atoms with van der Waals surface area (Å²) < 4.78 is 6.87. The van der Waals surface area contributed by atoms with Crippen LogP contribution in [0.4, 0.5) is 5.69 Å². The van der Waals surface area contributed by atoms with Crippen molar-refractivity contribution in [3.8, 4) is 11.5 Å². The number of ether oxygens (including phenoxy) is 1. The molecule has 3 aromatic carbocycles. The minimum atomic E-state index is -0.140. The van der Waals surface area contributed by atoms with E-state index in [9.17, 15) is 9.59 Å². The van der Waals surface area contributed by atoms with E-state index < -0.39 is 0 Å². The minimum Gasteiger partial charge on any atom is -0.455 e. The molecule has 4 rings (SSSR count). The fourth-order valence-corrected chi connectivity index (χ4v) is 3.89. The Morgan fingerprint density at radius 3 is 2.23 bits per heavy atom. The molecule has 1 N–H and O–H groups in total. The number of hydrogen-bond acceptors (Lipinski definition) is 3. The highest BCUT2D eigenvalue weighted by Crippen LogP contribution is 2.30. The Kier molecular flexibility index (Phi) is 6.67. The molecule has 1 saturated heterocycles. The Morgan fingerprint density at radius 1 is 0.871 bits per heavy atom. The highest BCUT2D eigenvalue weighted by atomic mass is 79.9. The van der Waals surface area contributed by atoms with Crippen LogP contribution in [0.3, 0.4) is 0 Å². The van der Waals surface area contributed by atoms with Crippen molar-refractivity contribution in [1.29, 1.82) is 0 Å². The first-order chi connectivity index (χ1) is 15.1. The molecule has 1 aliphatic rings. The van der Waals surface area contributed by atoms with Crippen molar-refractivity contribution in [3.63, 3.8) is 0 Å². The van der Waals surface area contributed by atoms with Crippen LogP contribution < -0.4 is 10.1 Å². The Hall–Kier alpha value is -3.12. The van der Waals surface area contributed by atoms with Crippen LogP contribution in [0.1, 0.15) is 23.2 Å². The van der Waals surface area contributed by atoms with Crippen LogP contribution in [0.5, 0.6) is 11.5 Å². The number of carbonyl (C=O) groups is 2. The largest absolute Gasteiger partial charge is 0.455 e. The number of anilines is 1. The number of nitrogens with one attached hydrogen (secondary N) is 1. The van der Waals surface area contributed by atoms with Crippen LogP contribution in [-0.4, -0.2) is 29.8 Å². The summed E-state index contributed by atoms with van der Waals surface area (Å²) in [6, 6.07) is 24.2. The van der Waals surface area contributed by atoms with Gasteiger partial charge in [-0.2, -0.15) is 0 Å². The summed E-state index contributed by atoms with van der Waals surface area (Å²) in [6.45, 7) is 1.13. The highest BCUT2D eigenvalue weighted by Gasteiger charge is 2.28. The molecule has 5 nitrogen and oxygen atoms in total. The fraction of sp³-hybridized carbons (Fsp3) is 0.200. The standard InChI is InChI=1S/C25H23BrN2O3/c26-20-12-10-19(11-13-20)25(30)28-16-14-18(15-17-28)24(29)27-22-8-4-5-9-23(22)31-21-6-2-1-3-7-21/h1-13,18H,14-17H2,(H,27,29). The number of benzene rings is 3. The Balaban J connectivity index is 1.35. The normalized spacial score (nSPS) is 14.2. The average Bonchev–Trinajstić information content (AvgIpc) is 2.81. The van der Waals surface area contributed by atoms with Crippen LogP contribution in [0, 0.1) is 5.92 Å². The van der Waals surface area contributed by atoms with Crippen molar-refractivity contribution in [1.82, 2.24) is 4.90 Å². The number of nitrogens with zero attached hydrogens (tertiary/aromatic N) is 1. The molecule has 0 aromatic heterocycles. The van der Waals surface area contributed by atoms with Crippen LogP contribution in [0.25, 0.3) is 0 Å². The maximum absolute atomic E-state index is 12.9. The molecule has 0 radical (unpaired) electrons. The van der Waals surface area contributed by atoms with Crippen LogP contribution in [0.2, 0.25) is 0 Å². The van der Waals surface area contributed by atoms with Crippen molar-refractivity contribution in [2.24, 2.45) is 5.92 Å². The van der Waals surface area contributed by atoms with Crippen molar-refractivity contribution in [3.05, 3.63) is 88.9 Å². The number of carbonyl (C=O) groups excluding carboxylic acids is 2. The number of para-hydroxylation sites is 3. The third-order valence-electron chi connectivity index (χ3n) is 5.36. The molecule has 0 bridgehead atoms. The molecule has 0 atom stereocenters. The van der Waals surface area contributed by atoms with E-state index >= 15 is 0 Å². The lowest BCUT2D eigenvalue weighted by Gasteiger charge is -2.31. The second kappa shape index (κ2) is 9.79. The molecule has 31 heavy (non-hydrogen) atoms. The smallest absolute Gasteiger partial charge is 0.253 e. The lowest BCUT2D eigenvalue weighted by molar-refractivity contribution is -0.121. The van der Waals surface area contributed by atoms with Gasteiger partial charge < -0.3 is 15.0 Å². The summed E-state index contributed by atoms with van der Waals surface area (Å²) >= 11 is 3.39. The molecular weight excluding hydrogens is 456 g/mol. The minimum absolute atomic E-state index is 0.00737. The molecule has 0 spiro atoms. The molecule has 2 amide bonds. The van der Waals surface area contributed by atoms with E-state index in [4.69, 9.17) is 4.74 Å². The summed E-state index contributed by atoms with van der Waals surface area (Å²) in [5.74, 6) is 1.14.